The molecule has 0 spiro atoms. The quantitative estimate of drug-likeness (QED) is 0.565. The number of aldehydes is 1. The Morgan fingerprint density at radius 1 is 0.682 bits per heavy atom. The average molecular weight is 353 g/mol. The van der Waals surface area contributed by atoms with Crippen molar-refractivity contribution in [2.45, 2.75) is 6.42 Å². The minimum absolute atomic E-state index is 0.529. The minimum atomic E-state index is 0.529. The summed E-state index contributed by atoms with van der Waals surface area (Å²) in [6.07, 6.45) is 1.44. The molecule has 0 amide bonds. The predicted molar refractivity (Wildman–Crippen MR) is 95.8 cm³/mol. The molecule has 0 saturated carbocycles. The Morgan fingerprint density at radius 3 is 1.73 bits per heavy atom. The molecule has 110 valence electrons. The minimum Gasteiger partial charge on any atom is -0.303 e. The fraction of sp³-hybridized carbons (Fsp3) is 0.0500. The second-order valence-corrected chi connectivity index (χ2v) is 5.64. The maximum atomic E-state index is 9.97. The number of hydrogen-bond donors (Lipinski definition) is 0. The summed E-state index contributed by atoms with van der Waals surface area (Å²) in [5.41, 5.74) is 3.59. The van der Waals surface area contributed by atoms with Gasteiger partial charge in [-0.15, -0.1) is 0 Å². The van der Waals surface area contributed by atoms with Gasteiger partial charge in [-0.05, 0) is 28.8 Å². The number of benzene rings is 3. The summed E-state index contributed by atoms with van der Waals surface area (Å²) in [6, 6.07) is 28.4. The van der Waals surface area contributed by atoms with Crippen LogP contribution in [0.4, 0.5) is 0 Å². The normalized spacial score (nSPS) is 9.50. The van der Waals surface area contributed by atoms with E-state index in [1.807, 2.05) is 36.4 Å². The van der Waals surface area contributed by atoms with E-state index in [0.717, 1.165) is 16.3 Å². The van der Waals surface area contributed by atoms with Gasteiger partial charge in [-0.25, -0.2) is 0 Å². The molecule has 0 bridgehead atoms. The van der Waals surface area contributed by atoms with Gasteiger partial charge in [0.05, 0.1) is 0 Å². The SMILES string of the molecule is Brc1ccc(-c2ccccc2)cc1.O=CCc1ccccc1. The molecule has 0 aliphatic carbocycles. The highest BCUT2D eigenvalue weighted by atomic mass is 79.9. The molecular weight excluding hydrogens is 336 g/mol. The lowest BCUT2D eigenvalue weighted by atomic mass is 10.1. The number of carbonyl (C=O) groups is 1. The molecule has 3 aromatic rings. The van der Waals surface area contributed by atoms with Gasteiger partial charge in [0.1, 0.15) is 6.29 Å². The highest BCUT2D eigenvalue weighted by Gasteiger charge is 1.94. The van der Waals surface area contributed by atoms with Crippen LogP contribution >= 0.6 is 15.9 Å². The largest absolute Gasteiger partial charge is 0.303 e. The fourth-order valence-corrected chi connectivity index (χ4v) is 2.25. The van der Waals surface area contributed by atoms with Gasteiger partial charge in [-0.3, -0.25) is 0 Å². The summed E-state index contributed by atoms with van der Waals surface area (Å²) < 4.78 is 1.12. The predicted octanol–water partition coefficient (Wildman–Crippen LogP) is 5.54. The molecular formula is C20H17BrO. The lowest BCUT2D eigenvalue weighted by molar-refractivity contribution is -0.107. The Kier molecular flexibility index (Phi) is 6.59. The van der Waals surface area contributed by atoms with E-state index in [1.165, 1.54) is 11.1 Å². The Hall–Kier alpha value is -2.19. The molecule has 0 unspecified atom stereocenters. The average Bonchev–Trinajstić information content (AvgIpc) is 2.58. The number of hydrogen-bond acceptors (Lipinski definition) is 1. The van der Waals surface area contributed by atoms with Gasteiger partial charge in [0.15, 0.2) is 0 Å². The van der Waals surface area contributed by atoms with Crippen LogP contribution in [0.5, 0.6) is 0 Å². The van der Waals surface area contributed by atoms with Crippen LogP contribution < -0.4 is 0 Å². The van der Waals surface area contributed by atoms with Crippen LogP contribution in [-0.2, 0) is 11.2 Å². The molecule has 0 aliphatic rings. The Morgan fingerprint density at radius 2 is 1.18 bits per heavy atom. The van der Waals surface area contributed by atoms with E-state index in [-0.39, 0.29) is 0 Å². The van der Waals surface area contributed by atoms with Crippen LogP contribution in [0, 0.1) is 0 Å². The summed E-state index contributed by atoms with van der Waals surface area (Å²) in [4.78, 5) is 9.97. The summed E-state index contributed by atoms with van der Waals surface area (Å²) in [5.74, 6) is 0. The first-order chi connectivity index (χ1) is 10.8. The maximum Gasteiger partial charge on any atom is 0.124 e. The molecule has 3 rings (SSSR count). The first kappa shape index (κ1) is 16.2. The highest BCUT2D eigenvalue weighted by molar-refractivity contribution is 9.10. The lowest BCUT2D eigenvalue weighted by Gasteiger charge is -2.00. The zero-order valence-corrected chi connectivity index (χ0v) is 13.7. The molecule has 0 N–H and O–H groups in total. The van der Waals surface area contributed by atoms with Crippen LogP contribution in [0.2, 0.25) is 0 Å². The van der Waals surface area contributed by atoms with Gasteiger partial charge in [0, 0.05) is 10.9 Å². The standard InChI is InChI=1S/C12H9Br.C8H8O/c13-12-8-6-11(7-9-12)10-4-2-1-3-5-10;9-7-6-8-4-2-1-3-5-8/h1-9H;1-5,7H,6H2. The van der Waals surface area contributed by atoms with Crippen molar-refractivity contribution in [3.63, 3.8) is 0 Å². The Balaban J connectivity index is 0.000000172. The summed E-state index contributed by atoms with van der Waals surface area (Å²) in [5, 5.41) is 0. The lowest BCUT2D eigenvalue weighted by Crippen LogP contribution is -1.82. The van der Waals surface area contributed by atoms with Gasteiger partial charge in [-0.2, -0.15) is 0 Å². The van der Waals surface area contributed by atoms with E-state index in [4.69, 9.17) is 0 Å². The van der Waals surface area contributed by atoms with Crippen molar-refractivity contribution >= 4 is 22.2 Å². The number of halogens is 1. The first-order valence-corrected chi connectivity index (χ1v) is 7.87. The van der Waals surface area contributed by atoms with Crippen molar-refractivity contribution in [3.05, 3.63) is 95.0 Å². The smallest absolute Gasteiger partial charge is 0.124 e. The summed E-state index contributed by atoms with van der Waals surface area (Å²) in [6.45, 7) is 0. The van der Waals surface area contributed by atoms with Crippen LogP contribution in [0.25, 0.3) is 11.1 Å². The molecule has 2 heteroatoms. The molecule has 22 heavy (non-hydrogen) atoms. The molecule has 0 saturated heterocycles. The topological polar surface area (TPSA) is 17.1 Å². The Bertz CT molecular complexity index is 676. The molecule has 0 heterocycles. The van der Waals surface area contributed by atoms with E-state index < -0.39 is 0 Å². The van der Waals surface area contributed by atoms with E-state index in [2.05, 4.69) is 64.5 Å². The molecule has 1 nitrogen and oxygen atoms in total. The molecule has 0 radical (unpaired) electrons. The fourth-order valence-electron chi connectivity index (χ4n) is 1.98. The van der Waals surface area contributed by atoms with E-state index in [0.29, 0.717) is 6.42 Å². The maximum absolute atomic E-state index is 9.97. The third kappa shape index (κ3) is 5.30. The number of carbonyl (C=O) groups excluding carboxylic acids is 1. The second kappa shape index (κ2) is 8.96. The van der Waals surface area contributed by atoms with Crippen molar-refractivity contribution in [2.24, 2.45) is 0 Å². The van der Waals surface area contributed by atoms with Gasteiger partial charge in [0.25, 0.3) is 0 Å². The molecule has 0 aliphatic heterocycles. The third-order valence-electron chi connectivity index (χ3n) is 3.11. The van der Waals surface area contributed by atoms with Crippen molar-refractivity contribution in [2.75, 3.05) is 0 Å². The van der Waals surface area contributed by atoms with Crippen molar-refractivity contribution < 1.29 is 4.79 Å². The summed E-state index contributed by atoms with van der Waals surface area (Å²) >= 11 is 3.42. The first-order valence-electron chi connectivity index (χ1n) is 7.08. The van der Waals surface area contributed by atoms with E-state index in [1.54, 1.807) is 0 Å². The van der Waals surface area contributed by atoms with E-state index >= 15 is 0 Å². The molecule has 0 aromatic heterocycles. The van der Waals surface area contributed by atoms with Crippen LogP contribution in [0.3, 0.4) is 0 Å². The monoisotopic (exact) mass is 352 g/mol. The van der Waals surface area contributed by atoms with Crippen LogP contribution in [0.1, 0.15) is 5.56 Å². The second-order valence-electron chi connectivity index (χ2n) is 4.73. The van der Waals surface area contributed by atoms with Crippen LogP contribution in [-0.4, -0.2) is 6.29 Å². The zero-order valence-electron chi connectivity index (χ0n) is 12.2. The molecule has 0 atom stereocenters. The third-order valence-corrected chi connectivity index (χ3v) is 3.64. The van der Waals surface area contributed by atoms with Gasteiger partial charge >= 0.3 is 0 Å². The van der Waals surface area contributed by atoms with Gasteiger partial charge in [-0.1, -0.05) is 88.7 Å². The van der Waals surface area contributed by atoms with Crippen molar-refractivity contribution in [1.29, 1.82) is 0 Å². The van der Waals surface area contributed by atoms with Crippen LogP contribution in [0.15, 0.2) is 89.4 Å². The Labute approximate surface area is 139 Å². The highest BCUT2D eigenvalue weighted by Crippen LogP contribution is 2.20. The number of rotatable bonds is 3. The van der Waals surface area contributed by atoms with E-state index in [9.17, 15) is 4.79 Å². The zero-order chi connectivity index (χ0) is 15.6. The molecule has 0 fully saturated rings. The van der Waals surface area contributed by atoms with Crippen molar-refractivity contribution in [3.8, 4) is 11.1 Å². The molecule has 3 aromatic carbocycles. The van der Waals surface area contributed by atoms with Crippen molar-refractivity contribution in [1.82, 2.24) is 0 Å². The van der Waals surface area contributed by atoms with Gasteiger partial charge < -0.3 is 4.79 Å². The summed E-state index contributed by atoms with van der Waals surface area (Å²) in [7, 11) is 0. The van der Waals surface area contributed by atoms with Gasteiger partial charge in [0.2, 0.25) is 0 Å².